The number of carbonyl (C=O) groups is 1. The Morgan fingerprint density at radius 3 is 2.78 bits per heavy atom. The zero-order valence-electron chi connectivity index (χ0n) is 10.4. The highest BCUT2D eigenvalue weighted by Gasteiger charge is 2.29. The first-order chi connectivity index (χ1) is 8.59. The molecule has 0 spiro atoms. The number of benzene rings is 1. The van der Waals surface area contributed by atoms with Crippen LogP contribution >= 0.6 is 38.5 Å². The molecule has 2 atom stereocenters. The molecule has 4 heteroatoms. The molecule has 1 aromatic carbocycles. The molecule has 0 heterocycles. The van der Waals surface area contributed by atoms with Gasteiger partial charge in [0.15, 0.2) is 0 Å². The van der Waals surface area contributed by atoms with E-state index in [-0.39, 0.29) is 5.91 Å². The molecule has 1 aromatic rings. The van der Waals surface area contributed by atoms with Crippen LogP contribution in [0.2, 0.25) is 0 Å². The molecule has 2 unspecified atom stereocenters. The first-order valence-corrected chi connectivity index (χ1v) is 8.26. The summed E-state index contributed by atoms with van der Waals surface area (Å²) in [6.07, 6.45) is 4.74. The fourth-order valence-electron chi connectivity index (χ4n) is 2.48. The van der Waals surface area contributed by atoms with E-state index < -0.39 is 0 Å². The van der Waals surface area contributed by atoms with Gasteiger partial charge in [0, 0.05) is 27.1 Å². The predicted octanol–water partition coefficient (Wildman–Crippen LogP) is 4.07. The minimum atomic E-state index is 0.130. The van der Waals surface area contributed by atoms with Gasteiger partial charge >= 0.3 is 0 Å². The van der Waals surface area contributed by atoms with Crippen molar-refractivity contribution >= 4 is 44.4 Å². The highest BCUT2D eigenvalue weighted by Crippen LogP contribution is 2.28. The van der Waals surface area contributed by atoms with Crippen LogP contribution < -0.4 is 0 Å². The summed E-state index contributed by atoms with van der Waals surface area (Å²) < 4.78 is 1.10. The van der Waals surface area contributed by atoms with Gasteiger partial charge in [0.05, 0.1) is 0 Å². The minimum Gasteiger partial charge on any atom is -0.338 e. The second kappa shape index (κ2) is 6.37. The van der Waals surface area contributed by atoms with Gasteiger partial charge in [-0.3, -0.25) is 4.79 Å². The van der Waals surface area contributed by atoms with E-state index in [1.165, 1.54) is 12.8 Å². The van der Waals surface area contributed by atoms with E-state index >= 15 is 0 Å². The van der Waals surface area contributed by atoms with E-state index in [0.29, 0.717) is 10.9 Å². The van der Waals surface area contributed by atoms with Crippen molar-refractivity contribution in [3.63, 3.8) is 0 Å². The molecule has 1 amide bonds. The molecule has 2 nitrogen and oxygen atoms in total. The maximum atomic E-state index is 12.4. The summed E-state index contributed by atoms with van der Waals surface area (Å²) in [5.74, 6) is 0.130. The molecule has 1 fully saturated rings. The smallest absolute Gasteiger partial charge is 0.253 e. The molecular formula is C14H17BrINO. The second-order valence-electron chi connectivity index (χ2n) is 4.79. The van der Waals surface area contributed by atoms with Crippen molar-refractivity contribution in [1.29, 1.82) is 0 Å². The Hall–Kier alpha value is -0.100. The monoisotopic (exact) mass is 421 g/mol. The number of halogens is 2. The lowest BCUT2D eigenvalue weighted by Crippen LogP contribution is -2.44. The van der Waals surface area contributed by atoms with E-state index in [1.807, 2.05) is 36.2 Å². The molecule has 98 valence electrons. The van der Waals surface area contributed by atoms with Gasteiger partial charge in [0.25, 0.3) is 5.91 Å². The Morgan fingerprint density at radius 1 is 1.39 bits per heavy atom. The zero-order chi connectivity index (χ0) is 13.1. The SMILES string of the molecule is CN(C(=O)c1cccc(I)c1)C1CCCCC1Br. The molecule has 0 bridgehead atoms. The van der Waals surface area contributed by atoms with Crippen molar-refractivity contribution in [2.24, 2.45) is 0 Å². The van der Waals surface area contributed by atoms with Gasteiger partial charge in [-0.2, -0.15) is 0 Å². The molecule has 0 saturated heterocycles. The lowest BCUT2D eigenvalue weighted by Gasteiger charge is -2.35. The van der Waals surface area contributed by atoms with Gasteiger partial charge in [-0.15, -0.1) is 0 Å². The van der Waals surface area contributed by atoms with Gasteiger partial charge in [0.1, 0.15) is 0 Å². The molecule has 1 aliphatic rings. The van der Waals surface area contributed by atoms with Crippen molar-refractivity contribution in [2.45, 2.75) is 36.6 Å². The van der Waals surface area contributed by atoms with E-state index in [4.69, 9.17) is 0 Å². The summed E-state index contributed by atoms with van der Waals surface area (Å²) in [4.78, 5) is 14.8. The highest BCUT2D eigenvalue weighted by atomic mass is 127. The van der Waals surface area contributed by atoms with Gasteiger partial charge < -0.3 is 4.90 Å². The molecular weight excluding hydrogens is 405 g/mol. The predicted molar refractivity (Wildman–Crippen MR) is 86.2 cm³/mol. The van der Waals surface area contributed by atoms with Crippen LogP contribution in [0.5, 0.6) is 0 Å². The number of nitrogens with zero attached hydrogens (tertiary/aromatic N) is 1. The molecule has 1 aliphatic carbocycles. The Bertz CT molecular complexity index is 438. The molecule has 0 aliphatic heterocycles. The summed E-state index contributed by atoms with van der Waals surface area (Å²) in [6, 6.07) is 8.11. The van der Waals surface area contributed by atoms with Crippen LogP contribution in [0.4, 0.5) is 0 Å². The molecule has 1 saturated carbocycles. The maximum absolute atomic E-state index is 12.4. The minimum absolute atomic E-state index is 0.130. The van der Waals surface area contributed by atoms with E-state index in [9.17, 15) is 4.79 Å². The number of amides is 1. The lowest BCUT2D eigenvalue weighted by molar-refractivity contribution is 0.0704. The fraction of sp³-hybridized carbons (Fsp3) is 0.500. The van der Waals surface area contributed by atoms with Crippen LogP contribution in [0.1, 0.15) is 36.0 Å². The third-order valence-corrected chi connectivity index (χ3v) is 5.28. The highest BCUT2D eigenvalue weighted by molar-refractivity contribution is 14.1. The largest absolute Gasteiger partial charge is 0.338 e. The first-order valence-electron chi connectivity index (χ1n) is 6.26. The van der Waals surface area contributed by atoms with Crippen LogP contribution in [0.25, 0.3) is 0 Å². The van der Waals surface area contributed by atoms with Gasteiger partial charge in [0.2, 0.25) is 0 Å². The average Bonchev–Trinajstić information content (AvgIpc) is 2.37. The normalized spacial score (nSPS) is 23.7. The molecule has 2 rings (SSSR count). The second-order valence-corrected chi connectivity index (χ2v) is 7.22. The fourth-order valence-corrected chi connectivity index (χ4v) is 3.96. The summed E-state index contributed by atoms with van der Waals surface area (Å²) in [7, 11) is 1.92. The Balaban J connectivity index is 2.13. The standard InChI is InChI=1S/C14H17BrINO/c1-17(13-8-3-2-7-12(13)15)14(18)10-5-4-6-11(16)9-10/h4-6,9,12-13H,2-3,7-8H2,1H3. The van der Waals surface area contributed by atoms with E-state index in [0.717, 1.165) is 22.0 Å². The lowest BCUT2D eigenvalue weighted by atomic mass is 9.94. The molecule has 0 N–H and O–H groups in total. The van der Waals surface area contributed by atoms with Crippen molar-refractivity contribution in [1.82, 2.24) is 4.90 Å². The van der Waals surface area contributed by atoms with Crippen LogP contribution in [0, 0.1) is 3.57 Å². The van der Waals surface area contributed by atoms with Crippen molar-refractivity contribution in [3.05, 3.63) is 33.4 Å². The third-order valence-electron chi connectivity index (χ3n) is 3.54. The van der Waals surface area contributed by atoms with Crippen LogP contribution in [-0.2, 0) is 0 Å². The molecule has 0 aromatic heterocycles. The number of alkyl halides is 1. The van der Waals surface area contributed by atoms with Crippen molar-refractivity contribution < 1.29 is 4.79 Å². The summed E-state index contributed by atoms with van der Waals surface area (Å²) in [5.41, 5.74) is 0.787. The zero-order valence-corrected chi connectivity index (χ0v) is 14.1. The topological polar surface area (TPSA) is 20.3 Å². The number of hydrogen-bond acceptors (Lipinski definition) is 1. The van der Waals surface area contributed by atoms with E-state index in [2.05, 4.69) is 38.5 Å². The van der Waals surface area contributed by atoms with Crippen molar-refractivity contribution in [3.8, 4) is 0 Å². The third kappa shape index (κ3) is 3.26. The quantitative estimate of drug-likeness (QED) is 0.520. The number of hydrogen-bond donors (Lipinski definition) is 0. The van der Waals surface area contributed by atoms with E-state index in [1.54, 1.807) is 0 Å². The van der Waals surface area contributed by atoms with Gasteiger partial charge in [-0.25, -0.2) is 0 Å². The van der Waals surface area contributed by atoms with Crippen LogP contribution in [-0.4, -0.2) is 28.7 Å². The van der Waals surface area contributed by atoms with Crippen molar-refractivity contribution in [2.75, 3.05) is 7.05 Å². The van der Waals surface area contributed by atoms with Crippen LogP contribution in [0.3, 0.4) is 0 Å². The summed E-state index contributed by atoms with van der Waals surface area (Å²) >= 11 is 5.96. The molecule has 18 heavy (non-hydrogen) atoms. The number of carbonyl (C=O) groups excluding carboxylic acids is 1. The number of rotatable bonds is 2. The summed E-state index contributed by atoms with van der Waals surface area (Å²) in [5, 5.41) is 0. The first kappa shape index (κ1) is 14.3. The van der Waals surface area contributed by atoms with Crippen LogP contribution in [0.15, 0.2) is 24.3 Å². The molecule has 0 radical (unpaired) electrons. The Morgan fingerprint density at radius 2 is 2.11 bits per heavy atom. The van der Waals surface area contributed by atoms with Gasteiger partial charge in [-0.1, -0.05) is 34.8 Å². The van der Waals surface area contributed by atoms with Gasteiger partial charge in [-0.05, 0) is 53.6 Å². The Labute approximate surface area is 130 Å². The Kier molecular flexibility index (Phi) is 5.06. The summed E-state index contributed by atoms with van der Waals surface area (Å²) in [6.45, 7) is 0. The average molecular weight is 422 g/mol. The maximum Gasteiger partial charge on any atom is 0.253 e.